The lowest BCUT2D eigenvalue weighted by Crippen LogP contribution is -2.22. The van der Waals surface area contributed by atoms with E-state index in [1.54, 1.807) is 13.8 Å². The molecule has 1 aromatic heterocycles. The predicted octanol–water partition coefficient (Wildman–Crippen LogP) is 8.76. The molecule has 0 spiro atoms. The van der Waals surface area contributed by atoms with E-state index in [9.17, 15) is 75.0 Å². The summed E-state index contributed by atoms with van der Waals surface area (Å²) >= 11 is 9.58. The van der Waals surface area contributed by atoms with Crippen molar-refractivity contribution in [2.24, 2.45) is 20.5 Å². The van der Waals surface area contributed by atoms with Crippen LogP contribution >= 0.6 is 23.2 Å². The lowest BCUT2D eigenvalue weighted by atomic mass is 10.0. The molecule has 0 saturated carbocycles. The quantitative estimate of drug-likeness (QED) is 0.0140. The van der Waals surface area contributed by atoms with E-state index in [2.05, 4.69) is 68.7 Å². The zero-order chi connectivity index (χ0) is 60.9. The minimum Gasteiger partial charge on any atom is -0.505 e. The SMILES string of the molecule is C.C=C.Cc1cc(Nc2nc(Cl)nc(Nc3ccc(C)c(N=Nc4c(S(=O)(=O)O)cc5c(S(=O)(=O)O)c(NC(=O)CS(=O)OCCCl)ccc5c4O)c3)n2)c2c(O)c(N=Nc3ccc(S(=O)(=O)COS(=O)(=O)O)cc3)c(S(=O)(=O)O)cc2c1. The molecule has 444 valence electrons. The number of aromatic nitrogens is 3. The minimum atomic E-state index is -5.41. The van der Waals surface area contributed by atoms with Crippen molar-refractivity contribution in [1.29, 1.82) is 0 Å². The normalized spacial score (nSPS) is 12.7. The largest absolute Gasteiger partial charge is 0.505 e. The molecule has 0 aliphatic carbocycles. The summed E-state index contributed by atoms with van der Waals surface area (Å²) in [6.07, 6.45) is 0. The number of amides is 1. The fourth-order valence-electron chi connectivity index (χ4n) is 7.18. The van der Waals surface area contributed by atoms with Crippen LogP contribution < -0.4 is 16.0 Å². The van der Waals surface area contributed by atoms with Crippen molar-refractivity contribution in [2.75, 3.05) is 40.1 Å². The number of aryl methyl sites for hydroxylation is 2. The van der Waals surface area contributed by atoms with Gasteiger partial charge < -0.3 is 26.2 Å². The van der Waals surface area contributed by atoms with Gasteiger partial charge in [-0.15, -0.1) is 35.0 Å². The van der Waals surface area contributed by atoms with Gasteiger partial charge in [0.2, 0.25) is 32.9 Å². The molecule has 0 radical (unpaired) electrons. The number of carbonyl (C=O) groups excluding carboxylic acids is 1. The molecular weight excluding hydrogens is 1260 g/mol. The summed E-state index contributed by atoms with van der Waals surface area (Å²) in [5.74, 6) is -5.85. The highest BCUT2D eigenvalue weighted by molar-refractivity contribution is 7.92. The molecule has 1 amide bonds. The van der Waals surface area contributed by atoms with Crippen LogP contribution in [0.5, 0.6) is 11.5 Å². The lowest BCUT2D eigenvalue weighted by Gasteiger charge is -2.15. The standard InChI is InChI=1S/C42H36Cl2N10O20S6.C2H4.CH4/c1-20-13-22-15-31(77(61,62)63)36(53-51-23-5-7-25(8-6-23)76(59,60)19-74-80(70,71)72)38(57)34(22)30(14-20)47-42-49-40(44)48-41(50-42)45-24-4-3-21(2)29(16-24)52-54-35-32(78(64,65)66)17-27-26(37(35)56)9-10-28(39(27)79(67,68)69)46-33(55)18-75(58)73-12-11-43;1-2;/h3-10,13-17,56-57H,11-12,18-19H2,1-2H3,(H,46,55)(H,61,62,63)(H,64,65,66)(H,67,68,69)(H,70,71,72)(H2,45,47,48,49,50);1-2H2;1H4. The van der Waals surface area contributed by atoms with Gasteiger partial charge in [0.05, 0.1) is 34.3 Å². The van der Waals surface area contributed by atoms with Crippen LogP contribution in [0.3, 0.4) is 0 Å². The summed E-state index contributed by atoms with van der Waals surface area (Å²) in [6, 6.07) is 14.8. The summed E-state index contributed by atoms with van der Waals surface area (Å²) < 4.78 is 183. The molecule has 0 aliphatic heterocycles. The Morgan fingerprint density at radius 3 is 1.90 bits per heavy atom. The third kappa shape index (κ3) is 16.7. The zero-order valence-corrected chi connectivity index (χ0v) is 47.9. The Kier molecular flexibility index (Phi) is 21.2. The smallest absolute Gasteiger partial charge is 0.398 e. The molecule has 1 atom stereocenters. The molecule has 0 fully saturated rings. The maximum atomic E-state index is 12.8. The number of sulfone groups is 1. The highest BCUT2D eigenvalue weighted by Gasteiger charge is 2.30. The van der Waals surface area contributed by atoms with Gasteiger partial charge in [-0.3, -0.25) is 27.2 Å². The number of hydrogen-bond acceptors (Lipinski definition) is 25. The highest BCUT2D eigenvalue weighted by atomic mass is 35.5. The number of fused-ring (bicyclic) bond motifs is 2. The molecule has 1 unspecified atom stereocenters. The lowest BCUT2D eigenvalue weighted by molar-refractivity contribution is -0.113. The van der Waals surface area contributed by atoms with E-state index in [1.807, 2.05) is 0 Å². The molecule has 7 rings (SSSR count). The van der Waals surface area contributed by atoms with Gasteiger partial charge in [0.15, 0.2) is 28.5 Å². The summed E-state index contributed by atoms with van der Waals surface area (Å²) in [7, 11) is -25.4. The maximum Gasteiger partial charge on any atom is 0.398 e. The molecule has 38 heteroatoms. The molecule has 9 N–H and O–H groups in total. The van der Waals surface area contributed by atoms with Crippen LogP contribution in [0.15, 0.2) is 132 Å². The van der Waals surface area contributed by atoms with Gasteiger partial charge in [0, 0.05) is 27.7 Å². The Hall–Kier alpha value is -7.30. The van der Waals surface area contributed by atoms with Gasteiger partial charge in [-0.1, -0.05) is 19.6 Å². The van der Waals surface area contributed by atoms with E-state index in [1.165, 1.54) is 30.3 Å². The maximum absolute atomic E-state index is 12.8. The van der Waals surface area contributed by atoms with Crippen LogP contribution in [0, 0.1) is 13.8 Å². The minimum absolute atomic E-state index is 0. The van der Waals surface area contributed by atoms with Crippen molar-refractivity contribution in [2.45, 2.75) is 40.9 Å². The molecule has 6 aromatic carbocycles. The topological polar surface area (TPSA) is 469 Å². The number of rotatable bonds is 21. The first-order chi connectivity index (χ1) is 38.2. The Balaban J connectivity index is 0.00000416. The average Bonchev–Trinajstić information content (AvgIpc) is 2.74. The van der Waals surface area contributed by atoms with Gasteiger partial charge in [0.25, 0.3) is 30.4 Å². The fourth-order valence-corrected chi connectivity index (χ4v) is 12.0. The Morgan fingerprint density at radius 1 is 0.699 bits per heavy atom. The highest BCUT2D eigenvalue weighted by Crippen LogP contribution is 2.47. The zero-order valence-electron chi connectivity index (χ0n) is 41.5. The number of phenols is 2. The van der Waals surface area contributed by atoms with Crippen molar-refractivity contribution in [3.8, 4) is 11.5 Å². The third-order valence-corrected chi connectivity index (χ3v) is 16.4. The number of nitrogens with zero attached hydrogens (tertiary/aromatic N) is 7. The van der Waals surface area contributed by atoms with Crippen molar-refractivity contribution < 1.29 is 87.9 Å². The summed E-state index contributed by atoms with van der Waals surface area (Å²) in [5, 5.41) is 44.8. The fraction of sp³-hybridized carbons (Fsp3) is 0.156. The van der Waals surface area contributed by atoms with Crippen LogP contribution in [0.2, 0.25) is 5.28 Å². The third-order valence-electron chi connectivity index (χ3n) is 10.5. The van der Waals surface area contributed by atoms with Crippen LogP contribution in [0.25, 0.3) is 21.5 Å². The van der Waals surface area contributed by atoms with Gasteiger partial charge in [-0.05, 0) is 109 Å². The van der Waals surface area contributed by atoms with Crippen molar-refractivity contribution in [3.05, 3.63) is 108 Å². The van der Waals surface area contributed by atoms with Crippen LogP contribution in [-0.2, 0) is 74.8 Å². The van der Waals surface area contributed by atoms with E-state index in [0.717, 1.165) is 42.5 Å². The molecule has 7 aromatic rings. The van der Waals surface area contributed by atoms with Gasteiger partial charge in [-0.25, -0.2) is 16.8 Å². The molecule has 0 aliphatic rings. The van der Waals surface area contributed by atoms with Crippen LogP contribution in [0.4, 0.5) is 51.7 Å². The number of hydrogen-bond donors (Lipinski definition) is 9. The van der Waals surface area contributed by atoms with Crippen molar-refractivity contribution in [1.82, 2.24) is 15.0 Å². The number of phenolic OH excluding ortho intramolecular Hbond substituents is 2. The second-order valence-electron chi connectivity index (χ2n) is 16.2. The van der Waals surface area contributed by atoms with Gasteiger partial charge in [0.1, 0.15) is 31.8 Å². The van der Waals surface area contributed by atoms with Crippen LogP contribution in [0.1, 0.15) is 18.6 Å². The summed E-state index contributed by atoms with van der Waals surface area (Å²) in [6.45, 7) is 8.95. The van der Waals surface area contributed by atoms with Crippen LogP contribution in [-0.4, -0.2) is 120 Å². The Morgan fingerprint density at radius 2 is 1.30 bits per heavy atom. The average molecular weight is 1310 g/mol. The predicted molar refractivity (Wildman–Crippen MR) is 304 cm³/mol. The number of anilines is 5. The second-order valence-corrected chi connectivity index (χ2v) is 25.2. The Bertz CT molecular complexity index is 4390. The molecule has 0 saturated heterocycles. The number of alkyl halides is 1. The van der Waals surface area contributed by atoms with E-state index in [0.29, 0.717) is 17.2 Å². The Labute approximate surface area is 485 Å². The first kappa shape index (κ1) is 66.5. The number of azo groups is 2. The van der Waals surface area contributed by atoms with Gasteiger partial charge in [-0.2, -0.15) is 58.9 Å². The number of benzene rings is 6. The summed E-state index contributed by atoms with van der Waals surface area (Å²) in [5.41, 5.74) is -1.49. The number of halogens is 2. The number of carbonyl (C=O) groups is 1. The van der Waals surface area contributed by atoms with E-state index in [4.69, 9.17) is 31.9 Å². The molecular formula is C45H44Cl2N10O20S6. The van der Waals surface area contributed by atoms with E-state index in [-0.39, 0.29) is 65.3 Å². The second kappa shape index (κ2) is 26.5. The first-order valence-electron chi connectivity index (χ1n) is 22.0. The molecule has 30 nitrogen and oxygen atoms in total. The number of nitrogens with one attached hydrogen (secondary N) is 3. The monoisotopic (exact) mass is 1310 g/mol. The van der Waals surface area contributed by atoms with Gasteiger partial charge >= 0.3 is 10.4 Å². The number of aromatic hydroxyl groups is 2. The molecule has 1 heterocycles. The summed E-state index contributed by atoms with van der Waals surface area (Å²) in [4.78, 5) is 21.4. The molecule has 83 heavy (non-hydrogen) atoms. The van der Waals surface area contributed by atoms with Crippen molar-refractivity contribution >= 4 is 164 Å². The van der Waals surface area contributed by atoms with E-state index < -0.39 is 143 Å². The first-order valence-corrected chi connectivity index (χ1v) is 31.5. The van der Waals surface area contributed by atoms with Crippen molar-refractivity contribution in [3.63, 3.8) is 0 Å². The molecule has 0 bridgehead atoms. The van der Waals surface area contributed by atoms with E-state index >= 15 is 0 Å².